The maximum absolute atomic E-state index is 11.8. The maximum atomic E-state index is 11.8. The molecule has 0 saturated heterocycles. The van der Waals surface area contributed by atoms with Gasteiger partial charge in [0.2, 0.25) is 5.91 Å². The summed E-state index contributed by atoms with van der Waals surface area (Å²) in [4.78, 5) is 11.8. The Morgan fingerprint density at radius 3 is 2.33 bits per heavy atom. The number of nitrogens with one attached hydrogen (secondary N) is 2. The second kappa shape index (κ2) is 9.90. The van der Waals surface area contributed by atoms with E-state index in [0.29, 0.717) is 42.5 Å². The van der Waals surface area contributed by atoms with Crippen molar-refractivity contribution in [3.63, 3.8) is 0 Å². The minimum Gasteiger partial charge on any atom is -0.356 e. The topological polar surface area (TPSA) is 41.1 Å². The molecule has 0 spiro atoms. The normalized spacial score (nSPS) is 10.6. The minimum atomic E-state index is 0.0173. The molecule has 0 heterocycles. The molecule has 6 heteroatoms. The van der Waals surface area contributed by atoms with Crippen molar-refractivity contribution in [3.05, 3.63) is 68.7 Å². The van der Waals surface area contributed by atoms with Gasteiger partial charge in [0.1, 0.15) is 0 Å². The van der Waals surface area contributed by atoms with Crippen molar-refractivity contribution in [3.8, 4) is 0 Å². The molecule has 1 amide bonds. The molecule has 0 atom stereocenters. The lowest BCUT2D eigenvalue weighted by atomic mass is 10.1. The summed E-state index contributed by atoms with van der Waals surface area (Å²) in [5, 5.41) is 8.09. The third-order valence-electron chi connectivity index (χ3n) is 3.50. The van der Waals surface area contributed by atoms with Gasteiger partial charge in [-0.25, -0.2) is 0 Å². The SMILES string of the molecule is O=C(CCNCc1ccc(Cl)cc1)NCCc1ccc(Cl)cc1Cl. The Labute approximate surface area is 157 Å². The van der Waals surface area contributed by atoms with Gasteiger partial charge in [-0.05, 0) is 41.8 Å². The average molecular weight is 386 g/mol. The van der Waals surface area contributed by atoms with Crippen LogP contribution in [0.3, 0.4) is 0 Å². The largest absolute Gasteiger partial charge is 0.356 e. The molecule has 128 valence electrons. The number of carbonyl (C=O) groups is 1. The number of benzene rings is 2. The molecular weight excluding hydrogens is 367 g/mol. The molecule has 0 aliphatic heterocycles. The lowest BCUT2D eigenvalue weighted by Crippen LogP contribution is -2.29. The molecule has 2 aromatic carbocycles. The average Bonchev–Trinajstić information content (AvgIpc) is 2.55. The summed E-state index contributed by atoms with van der Waals surface area (Å²) in [6.45, 7) is 1.89. The van der Waals surface area contributed by atoms with Crippen LogP contribution in [0.2, 0.25) is 15.1 Å². The molecule has 2 aromatic rings. The van der Waals surface area contributed by atoms with E-state index >= 15 is 0 Å². The highest BCUT2D eigenvalue weighted by atomic mass is 35.5. The maximum Gasteiger partial charge on any atom is 0.221 e. The Morgan fingerprint density at radius 1 is 0.917 bits per heavy atom. The van der Waals surface area contributed by atoms with Gasteiger partial charge >= 0.3 is 0 Å². The molecule has 0 fully saturated rings. The zero-order chi connectivity index (χ0) is 17.4. The van der Waals surface area contributed by atoms with Gasteiger partial charge in [0.05, 0.1) is 0 Å². The monoisotopic (exact) mass is 384 g/mol. The standard InChI is InChI=1S/C18H19Cl3N2O/c19-15-4-1-13(2-5-15)12-22-9-8-18(24)23-10-7-14-3-6-16(20)11-17(14)21/h1-6,11,22H,7-10,12H2,(H,23,24). The molecule has 0 bridgehead atoms. The van der Waals surface area contributed by atoms with Crippen LogP contribution >= 0.6 is 34.8 Å². The Morgan fingerprint density at radius 2 is 1.62 bits per heavy atom. The van der Waals surface area contributed by atoms with Crippen LogP contribution in [-0.2, 0) is 17.8 Å². The summed E-state index contributed by atoms with van der Waals surface area (Å²) in [6.07, 6.45) is 1.11. The lowest BCUT2D eigenvalue weighted by Gasteiger charge is -2.08. The van der Waals surface area contributed by atoms with E-state index in [0.717, 1.165) is 16.1 Å². The van der Waals surface area contributed by atoms with E-state index in [1.54, 1.807) is 12.1 Å². The lowest BCUT2D eigenvalue weighted by molar-refractivity contribution is -0.120. The Kier molecular flexibility index (Phi) is 7.86. The molecule has 24 heavy (non-hydrogen) atoms. The van der Waals surface area contributed by atoms with Gasteiger partial charge in [-0.15, -0.1) is 0 Å². The predicted molar refractivity (Wildman–Crippen MR) is 101 cm³/mol. The van der Waals surface area contributed by atoms with Crippen LogP contribution < -0.4 is 10.6 Å². The number of amides is 1. The second-order valence-electron chi connectivity index (χ2n) is 5.39. The molecule has 0 radical (unpaired) electrons. The van der Waals surface area contributed by atoms with Crippen molar-refractivity contribution in [1.29, 1.82) is 0 Å². The van der Waals surface area contributed by atoms with E-state index in [2.05, 4.69) is 10.6 Å². The zero-order valence-electron chi connectivity index (χ0n) is 13.1. The van der Waals surface area contributed by atoms with Crippen LogP contribution in [0.4, 0.5) is 0 Å². The third kappa shape index (κ3) is 6.70. The van der Waals surface area contributed by atoms with Crippen LogP contribution in [0.15, 0.2) is 42.5 Å². The number of halogens is 3. The van der Waals surface area contributed by atoms with Gasteiger partial charge in [0, 0.05) is 41.1 Å². The van der Waals surface area contributed by atoms with E-state index in [1.807, 2.05) is 30.3 Å². The number of rotatable bonds is 8. The fourth-order valence-electron chi connectivity index (χ4n) is 2.19. The minimum absolute atomic E-state index is 0.0173. The molecule has 0 saturated carbocycles. The quantitative estimate of drug-likeness (QED) is 0.658. The highest BCUT2D eigenvalue weighted by molar-refractivity contribution is 6.35. The zero-order valence-corrected chi connectivity index (χ0v) is 15.4. The third-order valence-corrected chi connectivity index (χ3v) is 4.34. The van der Waals surface area contributed by atoms with E-state index < -0.39 is 0 Å². The van der Waals surface area contributed by atoms with Crippen LogP contribution in [0.1, 0.15) is 17.5 Å². The smallest absolute Gasteiger partial charge is 0.221 e. The van der Waals surface area contributed by atoms with E-state index in [9.17, 15) is 4.79 Å². The fourth-order valence-corrected chi connectivity index (χ4v) is 2.82. The van der Waals surface area contributed by atoms with Crippen molar-refractivity contribution < 1.29 is 4.79 Å². The summed E-state index contributed by atoms with van der Waals surface area (Å²) in [7, 11) is 0. The molecule has 0 aliphatic carbocycles. The van der Waals surface area contributed by atoms with Gasteiger partial charge in [0.25, 0.3) is 0 Å². The molecular formula is C18H19Cl3N2O. The van der Waals surface area contributed by atoms with Crippen molar-refractivity contribution in [2.75, 3.05) is 13.1 Å². The van der Waals surface area contributed by atoms with Gasteiger partial charge in [-0.1, -0.05) is 53.0 Å². The van der Waals surface area contributed by atoms with Crippen molar-refractivity contribution in [2.45, 2.75) is 19.4 Å². The van der Waals surface area contributed by atoms with Gasteiger partial charge in [-0.2, -0.15) is 0 Å². The Balaban J connectivity index is 1.60. The van der Waals surface area contributed by atoms with E-state index in [1.165, 1.54) is 0 Å². The number of hydrogen-bond donors (Lipinski definition) is 2. The van der Waals surface area contributed by atoms with Gasteiger partial charge < -0.3 is 10.6 Å². The van der Waals surface area contributed by atoms with Crippen molar-refractivity contribution >= 4 is 40.7 Å². The molecule has 0 unspecified atom stereocenters. The van der Waals surface area contributed by atoms with Crippen molar-refractivity contribution in [2.24, 2.45) is 0 Å². The highest BCUT2D eigenvalue weighted by Gasteiger charge is 2.04. The summed E-state index contributed by atoms with van der Waals surface area (Å²) in [5.74, 6) is 0.0173. The second-order valence-corrected chi connectivity index (χ2v) is 6.67. The molecule has 2 rings (SSSR count). The van der Waals surface area contributed by atoms with E-state index in [4.69, 9.17) is 34.8 Å². The van der Waals surface area contributed by atoms with Crippen LogP contribution in [0, 0.1) is 0 Å². The van der Waals surface area contributed by atoms with Gasteiger partial charge in [-0.3, -0.25) is 4.79 Å². The summed E-state index contributed by atoms with van der Waals surface area (Å²) in [5.41, 5.74) is 2.11. The van der Waals surface area contributed by atoms with Gasteiger partial charge in [0.15, 0.2) is 0 Å². The highest BCUT2D eigenvalue weighted by Crippen LogP contribution is 2.21. The molecule has 3 nitrogen and oxygen atoms in total. The first kappa shape index (κ1) is 19.1. The summed E-state index contributed by atoms with van der Waals surface area (Å²) < 4.78 is 0. The fraction of sp³-hybridized carbons (Fsp3) is 0.278. The summed E-state index contributed by atoms with van der Waals surface area (Å²) >= 11 is 17.8. The first-order valence-corrected chi connectivity index (χ1v) is 8.84. The van der Waals surface area contributed by atoms with Crippen LogP contribution in [0.25, 0.3) is 0 Å². The Bertz CT molecular complexity index is 674. The molecule has 0 aliphatic rings. The van der Waals surface area contributed by atoms with E-state index in [-0.39, 0.29) is 5.91 Å². The molecule has 2 N–H and O–H groups in total. The van der Waals surface area contributed by atoms with Crippen LogP contribution in [-0.4, -0.2) is 19.0 Å². The van der Waals surface area contributed by atoms with Crippen molar-refractivity contribution in [1.82, 2.24) is 10.6 Å². The number of hydrogen-bond acceptors (Lipinski definition) is 2. The number of carbonyl (C=O) groups excluding carboxylic acids is 1. The Hall–Kier alpha value is -1.26. The van der Waals surface area contributed by atoms with Crippen LogP contribution in [0.5, 0.6) is 0 Å². The predicted octanol–water partition coefficient (Wildman–Crippen LogP) is 4.49. The molecule has 0 aromatic heterocycles. The first-order valence-electron chi connectivity index (χ1n) is 7.70. The first-order chi connectivity index (χ1) is 11.5. The summed E-state index contributed by atoms with van der Waals surface area (Å²) in [6, 6.07) is 13.0.